The van der Waals surface area contributed by atoms with Gasteiger partial charge in [-0.1, -0.05) is 0 Å². The number of sulfone groups is 1. The van der Waals surface area contributed by atoms with Crippen molar-refractivity contribution in [3.05, 3.63) is 24.0 Å². The standard InChI is InChI=1S/C18H28N4O4S/c1-2-22(16-4-12-27(24,25)14-16)15-3-5-19-17(13-15)18(23)20-6-7-21-8-10-26-11-9-21/h3,5,13,16H,2,4,6-12,14H2,1H3,(H,20,23). The van der Waals surface area contributed by atoms with Crippen molar-refractivity contribution in [2.24, 2.45) is 0 Å². The maximum Gasteiger partial charge on any atom is 0.269 e. The van der Waals surface area contributed by atoms with Crippen LogP contribution in [0.4, 0.5) is 5.69 Å². The zero-order valence-corrected chi connectivity index (χ0v) is 16.6. The zero-order valence-electron chi connectivity index (χ0n) is 15.8. The van der Waals surface area contributed by atoms with Crippen molar-refractivity contribution in [1.29, 1.82) is 0 Å². The Balaban J connectivity index is 1.59. The molecule has 8 nitrogen and oxygen atoms in total. The summed E-state index contributed by atoms with van der Waals surface area (Å²) >= 11 is 0. The van der Waals surface area contributed by atoms with Gasteiger partial charge in [-0.3, -0.25) is 14.7 Å². The Morgan fingerprint density at radius 2 is 2.19 bits per heavy atom. The van der Waals surface area contributed by atoms with Crippen molar-refractivity contribution in [2.75, 3.05) is 62.3 Å². The highest BCUT2D eigenvalue weighted by Crippen LogP contribution is 2.24. The first kappa shape index (κ1) is 20.0. The van der Waals surface area contributed by atoms with Crippen LogP contribution in [0, 0.1) is 0 Å². The Hall–Kier alpha value is -1.71. The number of ether oxygens (including phenoxy) is 1. The van der Waals surface area contributed by atoms with Gasteiger partial charge in [0.15, 0.2) is 9.84 Å². The fraction of sp³-hybridized carbons (Fsp3) is 0.667. The number of anilines is 1. The summed E-state index contributed by atoms with van der Waals surface area (Å²) in [6, 6.07) is 3.54. The Morgan fingerprint density at radius 3 is 2.85 bits per heavy atom. The van der Waals surface area contributed by atoms with Crippen LogP contribution < -0.4 is 10.2 Å². The summed E-state index contributed by atoms with van der Waals surface area (Å²) in [4.78, 5) is 20.9. The molecule has 0 aliphatic carbocycles. The summed E-state index contributed by atoms with van der Waals surface area (Å²) < 4.78 is 28.9. The molecule has 0 spiro atoms. The molecule has 3 rings (SSSR count). The minimum Gasteiger partial charge on any atom is -0.379 e. The monoisotopic (exact) mass is 396 g/mol. The third kappa shape index (κ3) is 5.40. The molecule has 27 heavy (non-hydrogen) atoms. The Labute approximate surface area is 160 Å². The van der Waals surface area contributed by atoms with Gasteiger partial charge in [0, 0.05) is 50.6 Å². The quantitative estimate of drug-likeness (QED) is 0.702. The van der Waals surface area contributed by atoms with Crippen LogP contribution in [0.5, 0.6) is 0 Å². The van der Waals surface area contributed by atoms with Gasteiger partial charge in [0.25, 0.3) is 5.91 Å². The number of carbonyl (C=O) groups excluding carboxylic acids is 1. The second-order valence-electron chi connectivity index (χ2n) is 6.95. The predicted molar refractivity (Wildman–Crippen MR) is 104 cm³/mol. The van der Waals surface area contributed by atoms with E-state index in [2.05, 4.69) is 20.1 Å². The molecule has 1 atom stereocenters. The number of nitrogens with one attached hydrogen (secondary N) is 1. The first-order chi connectivity index (χ1) is 13.0. The van der Waals surface area contributed by atoms with Crippen LogP contribution in [0.3, 0.4) is 0 Å². The van der Waals surface area contributed by atoms with Crippen LogP contribution in [0.25, 0.3) is 0 Å². The molecule has 150 valence electrons. The number of carbonyl (C=O) groups is 1. The van der Waals surface area contributed by atoms with E-state index in [0.29, 0.717) is 25.2 Å². The van der Waals surface area contributed by atoms with E-state index in [1.807, 2.05) is 13.0 Å². The molecule has 1 unspecified atom stereocenters. The van der Waals surface area contributed by atoms with E-state index in [0.717, 1.165) is 38.5 Å². The van der Waals surface area contributed by atoms with E-state index in [-0.39, 0.29) is 23.5 Å². The second kappa shape index (κ2) is 8.99. The summed E-state index contributed by atoms with van der Waals surface area (Å²) in [6.45, 7) is 7.27. The minimum atomic E-state index is -2.96. The van der Waals surface area contributed by atoms with Crippen LogP contribution >= 0.6 is 0 Å². The molecule has 2 saturated heterocycles. The maximum atomic E-state index is 12.4. The van der Waals surface area contributed by atoms with E-state index in [9.17, 15) is 13.2 Å². The molecular formula is C18H28N4O4S. The van der Waals surface area contributed by atoms with Gasteiger partial charge in [-0.2, -0.15) is 0 Å². The van der Waals surface area contributed by atoms with Crippen molar-refractivity contribution in [3.63, 3.8) is 0 Å². The van der Waals surface area contributed by atoms with Crippen molar-refractivity contribution in [3.8, 4) is 0 Å². The van der Waals surface area contributed by atoms with Crippen LogP contribution in [0.15, 0.2) is 18.3 Å². The highest BCUT2D eigenvalue weighted by molar-refractivity contribution is 7.91. The number of rotatable bonds is 7. The summed E-state index contributed by atoms with van der Waals surface area (Å²) in [5, 5.41) is 2.91. The molecule has 2 aliphatic heterocycles. The lowest BCUT2D eigenvalue weighted by atomic mass is 10.2. The first-order valence-electron chi connectivity index (χ1n) is 9.50. The minimum absolute atomic E-state index is 0.0420. The average molecular weight is 397 g/mol. The number of nitrogens with zero attached hydrogens (tertiary/aromatic N) is 3. The molecule has 2 fully saturated rings. The number of hydrogen-bond acceptors (Lipinski definition) is 7. The molecule has 2 aliphatic rings. The highest BCUT2D eigenvalue weighted by atomic mass is 32.2. The molecule has 0 radical (unpaired) electrons. The predicted octanol–water partition coefficient (Wildman–Crippen LogP) is 0.157. The summed E-state index contributed by atoms with van der Waals surface area (Å²) in [6.07, 6.45) is 2.23. The number of pyridine rings is 1. The fourth-order valence-electron chi connectivity index (χ4n) is 3.64. The van der Waals surface area contributed by atoms with Crippen LogP contribution in [-0.2, 0) is 14.6 Å². The molecule has 1 N–H and O–H groups in total. The van der Waals surface area contributed by atoms with Crippen molar-refractivity contribution < 1.29 is 17.9 Å². The molecule has 3 heterocycles. The molecule has 0 saturated carbocycles. The number of aromatic nitrogens is 1. The van der Waals surface area contributed by atoms with Crippen LogP contribution in [0.1, 0.15) is 23.8 Å². The first-order valence-corrected chi connectivity index (χ1v) is 11.3. The van der Waals surface area contributed by atoms with Gasteiger partial charge in [-0.15, -0.1) is 0 Å². The second-order valence-corrected chi connectivity index (χ2v) is 9.18. The van der Waals surface area contributed by atoms with Gasteiger partial charge in [-0.25, -0.2) is 8.42 Å². The van der Waals surface area contributed by atoms with Gasteiger partial charge in [0.05, 0.1) is 24.7 Å². The van der Waals surface area contributed by atoms with Gasteiger partial charge < -0.3 is 15.0 Å². The SMILES string of the molecule is CCN(c1ccnc(C(=O)NCCN2CCOCC2)c1)C1CCS(=O)(=O)C1. The van der Waals surface area contributed by atoms with Crippen molar-refractivity contribution >= 4 is 21.4 Å². The Bertz CT molecular complexity index is 749. The third-order valence-electron chi connectivity index (χ3n) is 5.11. The Kier molecular flexibility index (Phi) is 6.67. The van der Waals surface area contributed by atoms with Crippen molar-refractivity contribution in [2.45, 2.75) is 19.4 Å². The fourth-order valence-corrected chi connectivity index (χ4v) is 5.37. The molecule has 1 amide bonds. The number of amides is 1. The topological polar surface area (TPSA) is 91.8 Å². The molecule has 0 aromatic carbocycles. The van der Waals surface area contributed by atoms with Gasteiger partial charge in [0.2, 0.25) is 0 Å². The third-order valence-corrected chi connectivity index (χ3v) is 6.87. The smallest absolute Gasteiger partial charge is 0.269 e. The summed E-state index contributed by atoms with van der Waals surface area (Å²) in [7, 11) is -2.96. The summed E-state index contributed by atoms with van der Waals surface area (Å²) in [5.74, 6) is 0.193. The maximum absolute atomic E-state index is 12.4. The molecule has 1 aromatic heterocycles. The van der Waals surface area contributed by atoms with E-state index in [1.54, 1.807) is 12.3 Å². The number of hydrogen-bond donors (Lipinski definition) is 1. The lowest BCUT2D eigenvalue weighted by Gasteiger charge is -2.29. The Morgan fingerprint density at radius 1 is 1.41 bits per heavy atom. The molecular weight excluding hydrogens is 368 g/mol. The van der Waals surface area contributed by atoms with E-state index in [1.165, 1.54) is 0 Å². The number of morpholine rings is 1. The average Bonchev–Trinajstić information content (AvgIpc) is 3.03. The largest absolute Gasteiger partial charge is 0.379 e. The summed E-state index contributed by atoms with van der Waals surface area (Å²) in [5.41, 5.74) is 1.20. The van der Waals surface area contributed by atoms with E-state index < -0.39 is 9.84 Å². The van der Waals surface area contributed by atoms with E-state index in [4.69, 9.17) is 4.74 Å². The van der Waals surface area contributed by atoms with Gasteiger partial charge in [-0.05, 0) is 25.5 Å². The van der Waals surface area contributed by atoms with Crippen molar-refractivity contribution in [1.82, 2.24) is 15.2 Å². The lowest BCUT2D eigenvalue weighted by Crippen LogP contribution is -2.41. The highest BCUT2D eigenvalue weighted by Gasteiger charge is 2.32. The normalized spacial score (nSPS) is 22.5. The van der Waals surface area contributed by atoms with Crippen LogP contribution in [-0.4, -0.2) is 87.7 Å². The van der Waals surface area contributed by atoms with Gasteiger partial charge in [0.1, 0.15) is 5.69 Å². The molecule has 0 bridgehead atoms. The van der Waals surface area contributed by atoms with Gasteiger partial charge >= 0.3 is 0 Å². The molecule has 1 aromatic rings. The van der Waals surface area contributed by atoms with Crippen LogP contribution in [0.2, 0.25) is 0 Å². The van der Waals surface area contributed by atoms with E-state index >= 15 is 0 Å². The zero-order chi connectivity index (χ0) is 19.3. The lowest BCUT2D eigenvalue weighted by molar-refractivity contribution is 0.0383. The molecule has 9 heteroatoms.